The molecule has 0 atom stereocenters. The molecular weight excluding hydrogens is 671 g/mol. The van der Waals surface area contributed by atoms with Crippen LogP contribution in [0.1, 0.15) is 0 Å². The summed E-state index contributed by atoms with van der Waals surface area (Å²) in [5.41, 5.74) is 14.0. The van der Waals surface area contributed by atoms with Crippen LogP contribution in [0, 0.1) is 0 Å². The minimum Gasteiger partial charge on any atom is -0.456 e. The predicted molar refractivity (Wildman–Crippen MR) is 228 cm³/mol. The van der Waals surface area contributed by atoms with E-state index in [4.69, 9.17) is 9.15 Å². The summed E-state index contributed by atoms with van der Waals surface area (Å²) < 4.78 is 13.3. The maximum atomic E-state index is 6.79. The molecule has 0 fully saturated rings. The van der Waals surface area contributed by atoms with Crippen molar-refractivity contribution >= 4 is 49.8 Å². The summed E-state index contributed by atoms with van der Waals surface area (Å²) in [6.45, 7) is 0. The van der Waals surface area contributed by atoms with Crippen LogP contribution in [0.25, 0.3) is 77.2 Å². The molecule has 2 heterocycles. The summed E-state index contributed by atoms with van der Waals surface area (Å²) in [6.07, 6.45) is 0. The highest BCUT2D eigenvalue weighted by Crippen LogP contribution is 2.52. The van der Waals surface area contributed by atoms with Gasteiger partial charge in [0.15, 0.2) is 0 Å². The number of rotatable bonds is 6. The van der Waals surface area contributed by atoms with Gasteiger partial charge in [-0.15, -0.1) is 0 Å². The molecule has 0 N–H and O–H groups in total. The number of para-hydroxylation sites is 1. The van der Waals surface area contributed by atoms with Gasteiger partial charge in [0.25, 0.3) is 0 Å². The molecule has 0 saturated heterocycles. The van der Waals surface area contributed by atoms with Crippen molar-refractivity contribution in [3.8, 4) is 56.0 Å². The summed E-state index contributed by atoms with van der Waals surface area (Å²) in [5, 5.41) is 4.34. The van der Waals surface area contributed by atoms with E-state index in [2.05, 4.69) is 187 Å². The molecule has 3 nitrogen and oxygen atoms in total. The fourth-order valence-electron chi connectivity index (χ4n) is 8.31. The third-order valence-electron chi connectivity index (χ3n) is 10.8. The van der Waals surface area contributed by atoms with Crippen LogP contribution in [0.5, 0.6) is 11.5 Å². The molecule has 1 aliphatic heterocycles. The lowest BCUT2D eigenvalue weighted by Crippen LogP contribution is -2.12. The van der Waals surface area contributed by atoms with Gasteiger partial charge in [-0.25, -0.2) is 0 Å². The van der Waals surface area contributed by atoms with Crippen molar-refractivity contribution in [2.24, 2.45) is 0 Å². The molecule has 55 heavy (non-hydrogen) atoms. The number of furan rings is 1. The SMILES string of the molecule is c1ccc(-c2cc(-c3ccccc3)cc(N(c3ccc4c5c(cccc35)-c3ccc(-c5ccccc5)cc3O4)c3cccc4oc5ccccc5c34)c2)cc1. The zero-order valence-electron chi connectivity index (χ0n) is 29.8. The highest BCUT2D eigenvalue weighted by atomic mass is 16.5. The Balaban J connectivity index is 1.19. The molecule has 11 rings (SSSR count). The first-order valence-corrected chi connectivity index (χ1v) is 18.7. The predicted octanol–water partition coefficient (Wildman–Crippen LogP) is 15.0. The van der Waals surface area contributed by atoms with Gasteiger partial charge >= 0.3 is 0 Å². The van der Waals surface area contributed by atoms with Gasteiger partial charge in [0.1, 0.15) is 22.7 Å². The Morgan fingerprint density at radius 3 is 1.67 bits per heavy atom. The molecule has 0 bridgehead atoms. The van der Waals surface area contributed by atoms with Crippen LogP contribution >= 0.6 is 0 Å². The standard InChI is InChI=1S/C52H33NO2/c1-4-14-34(15-5-1)37-26-27-41-42-21-12-22-43-45(28-29-49(51(42)43)55-50(41)33-37)53(46-23-13-25-48-52(46)44-20-10-11-24-47(44)54-48)40-31-38(35-16-6-2-7-17-35)30-39(32-40)36-18-8-3-9-19-36/h1-33H. The number of anilines is 3. The maximum Gasteiger partial charge on any atom is 0.137 e. The fourth-order valence-corrected chi connectivity index (χ4v) is 8.31. The minimum atomic E-state index is 0.848. The van der Waals surface area contributed by atoms with Gasteiger partial charge in [0.2, 0.25) is 0 Å². The van der Waals surface area contributed by atoms with Gasteiger partial charge in [-0.3, -0.25) is 0 Å². The molecule has 1 aromatic heterocycles. The van der Waals surface area contributed by atoms with Gasteiger partial charge in [0, 0.05) is 27.4 Å². The van der Waals surface area contributed by atoms with Crippen LogP contribution in [0.4, 0.5) is 17.1 Å². The first-order valence-electron chi connectivity index (χ1n) is 18.7. The summed E-state index contributed by atoms with van der Waals surface area (Å²) in [5.74, 6) is 1.71. The average Bonchev–Trinajstić information content (AvgIpc) is 3.65. The molecule has 0 radical (unpaired) electrons. The van der Waals surface area contributed by atoms with Gasteiger partial charge in [-0.1, -0.05) is 140 Å². The van der Waals surface area contributed by atoms with Crippen molar-refractivity contribution in [2.75, 3.05) is 4.90 Å². The molecule has 0 unspecified atom stereocenters. The van der Waals surface area contributed by atoms with E-state index in [0.29, 0.717) is 0 Å². The molecule has 0 aliphatic carbocycles. The van der Waals surface area contributed by atoms with E-state index < -0.39 is 0 Å². The molecular formula is C52H33NO2. The lowest BCUT2D eigenvalue weighted by atomic mass is 9.91. The Hall–Kier alpha value is -7.36. The number of benzene rings is 9. The molecule has 3 heteroatoms. The molecule has 10 aromatic rings. The highest BCUT2D eigenvalue weighted by molar-refractivity contribution is 6.16. The Kier molecular flexibility index (Phi) is 7.17. The number of fused-ring (bicyclic) bond motifs is 5. The zero-order valence-corrected chi connectivity index (χ0v) is 29.8. The molecule has 0 amide bonds. The Morgan fingerprint density at radius 2 is 0.945 bits per heavy atom. The van der Waals surface area contributed by atoms with Crippen LogP contribution < -0.4 is 9.64 Å². The quantitative estimate of drug-likeness (QED) is 0.172. The number of hydrogen-bond acceptors (Lipinski definition) is 3. The van der Waals surface area contributed by atoms with Crippen LogP contribution in [0.2, 0.25) is 0 Å². The van der Waals surface area contributed by atoms with Crippen molar-refractivity contribution in [1.82, 2.24) is 0 Å². The molecule has 258 valence electrons. The van der Waals surface area contributed by atoms with E-state index in [1.165, 1.54) is 0 Å². The van der Waals surface area contributed by atoms with E-state index in [-0.39, 0.29) is 0 Å². The normalized spacial score (nSPS) is 11.8. The van der Waals surface area contributed by atoms with Crippen molar-refractivity contribution in [2.45, 2.75) is 0 Å². The summed E-state index contributed by atoms with van der Waals surface area (Å²) in [4.78, 5) is 2.42. The summed E-state index contributed by atoms with van der Waals surface area (Å²) in [7, 11) is 0. The Labute approximate surface area is 318 Å². The smallest absolute Gasteiger partial charge is 0.137 e. The van der Waals surface area contributed by atoms with E-state index in [1.807, 2.05) is 18.2 Å². The zero-order chi connectivity index (χ0) is 36.3. The van der Waals surface area contributed by atoms with Crippen LogP contribution in [0.3, 0.4) is 0 Å². The van der Waals surface area contributed by atoms with Crippen LogP contribution in [0.15, 0.2) is 205 Å². The van der Waals surface area contributed by atoms with Gasteiger partial charge in [0.05, 0.1) is 16.8 Å². The van der Waals surface area contributed by atoms with Gasteiger partial charge in [-0.05, 0) is 99.6 Å². The summed E-state index contributed by atoms with van der Waals surface area (Å²) >= 11 is 0. The van der Waals surface area contributed by atoms with Gasteiger partial charge < -0.3 is 14.1 Å². The number of nitrogens with zero attached hydrogens (tertiary/aromatic N) is 1. The van der Waals surface area contributed by atoms with Crippen molar-refractivity contribution in [1.29, 1.82) is 0 Å². The monoisotopic (exact) mass is 703 g/mol. The first kappa shape index (κ1) is 31.2. The second-order valence-corrected chi connectivity index (χ2v) is 14.1. The van der Waals surface area contributed by atoms with Crippen molar-refractivity contribution < 1.29 is 9.15 Å². The topological polar surface area (TPSA) is 25.6 Å². The highest BCUT2D eigenvalue weighted by Gasteiger charge is 2.26. The molecule has 0 saturated carbocycles. The third-order valence-corrected chi connectivity index (χ3v) is 10.8. The lowest BCUT2D eigenvalue weighted by Gasteiger charge is -2.30. The third kappa shape index (κ3) is 5.20. The Bertz CT molecular complexity index is 3000. The maximum absolute atomic E-state index is 6.79. The minimum absolute atomic E-state index is 0.848. The van der Waals surface area contributed by atoms with Crippen molar-refractivity contribution in [3.05, 3.63) is 200 Å². The second kappa shape index (κ2) is 12.6. The molecule has 9 aromatic carbocycles. The van der Waals surface area contributed by atoms with Gasteiger partial charge in [-0.2, -0.15) is 0 Å². The van der Waals surface area contributed by atoms with Crippen LogP contribution in [-0.2, 0) is 0 Å². The van der Waals surface area contributed by atoms with E-state index in [0.717, 1.165) is 106 Å². The molecule has 0 spiro atoms. The van der Waals surface area contributed by atoms with Crippen molar-refractivity contribution in [3.63, 3.8) is 0 Å². The van der Waals surface area contributed by atoms with E-state index >= 15 is 0 Å². The average molecular weight is 704 g/mol. The number of ether oxygens (including phenoxy) is 1. The second-order valence-electron chi connectivity index (χ2n) is 14.1. The van der Waals surface area contributed by atoms with E-state index in [1.54, 1.807) is 0 Å². The summed E-state index contributed by atoms with van der Waals surface area (Å²) in [6, 6.07) is 70.9. The Morgan fingerprint density at radius 1 is 0.327 bits per heavy atom. The fraction of sp³-hybridized carbons (Fsp3) is 0. The number of hydrogen-bond donors (Lipinski definition) is 0. The van der Waals surface area contributed by atoms with Crippen LogP contribution in [-0.4, -0.2) is 0 Å². The van der Waals surface area contributed by atoms with E-state index in [9.17, 15) is 0 Å². The molecule has 1 aliphatic rings. The lowest BCUT2D eigenvalue weighted by molar-refractivity contribution is 0.487. The largest absolute Gasteiger partial charge is 0.456 e. The first-order chi connectivity index (χ1) is 27.3.